The van der Waals surface area contributed by atoms with Gasteiger partial charge >= 0.3 is 5.97 Å². The molecule has 1 saturated carbocycles. The molecule has 0 spiro atoms. The predicted molar refractivity (Wildman–Crippen MR) is 77.2 cm³/mol. The smallest absolute Gasteiger partial charge is 0.323 e. The van der Waals surface area contributed by atoms with Crippen LogP contribution < -0.4 is 0 Å². The van der Waals surface area contributed by atoms with Gasteiger partial charge in [0.05, 0.1) is 12.6 Å². The molecule has 0 radical (unpaired) electrons. The second kappa shape index (κ2) is 5.62. The van der Waals surface area contributed by atoms with Gasteiger partial charge in [-0.2, -0.15) is 4.98 Å². The Kier molecular flexibility index (Phi) is 3.62. The third kappa shape index (κ3) is 2.63. The first-order chi connectivity index (χ1) is 10.7. The van der Waals surface area contributed by atoms with Gasteiger partial charge in [0, 0.05) is 38.5 Å². The first-order valence-corrected chi connectivity index (χ1v) is 8.20. The Hall–Kier alpha value is -1.47. The minimum absolute atomic E-state index is 0.0395. The van der Waals surface area contributed by atoms with Gasteiger partial charge in [-0.3, -0.25) is 14.6 Å². The Morgan fingerprint density at radius 1 is 1.18 bits per heavy atom. The van der Waals surface area contributed by atoms with Crippen LogP contribution in [-0.4, -0.2) is 64.7 Å². The number of aromatic nitrogens is 2. The van der Waals surface area contributed by atoms with E-state index in [-0.39, 0.29) is 18.1 Å². The molecule has 3 heterocycles. The molecule has 7 nitrogen and oxygen atoms in total. The van der Waals surface area contributed by atoms with Crippen LogP contribution in [0.5, 0.6) is 0 Å². The van der Waals surface area contributed by atoms with E-state index >= 15 is 0 Å². The number of esters is 1. The molecule has 22 heavy (non-hydrogen) atoms. The van der Waals surface area contributed by atoms with Crippen molar-refractivity contribution in [3.05, 3.63) is 11.7 Å². The lowest BCUT2D eigenvalue weighted by atomic mass is 10.1. The van der Waals surface area contributed by atoms with Gasteiger partial charge in [0.2, 0.25) is 5.89 Å². The van der Waals surface area contributed by atoms with Gasteiger partial charge < -0.3 is 9.26 Å². The molecule has 7 heteroatoms. The fraction of sp³-hybridized carbons (Fsp3) is 0.800. The van der Waals surface area contributed by atoms with Gasteiger partial charge in [0.15, 0.2) is 5.82 Å². The summed E-state index contributed by atoms with van der Waals surface area (Å²) in [6.45, 7) is 6.26. The first kappa shape index (κ1) is 14.1. The lowest BCUT2D eigenvalue weighted by Crippen LogP contribution is -2.52. The molecule has 1 aliphatic carbocycles. The number of piperazine rings is 1. The number of ether oxygens (including phenoxy) is 1. The molecule has 0 bridgehead atoms. The molecule has 0 aromatic carbocycles. The summed E-state index contributed by atoms with van der Waals surface area (Å²) in [5.74, 6) is 2.05. The zero-order chi connectivity index (χ0) is 15.1. The van der Waals surface area contributed by atoms with Crippen molar-refractivity contribution in [2.24, 2.45) is 0 Å². The summed E-state index contributed by atoms with van der Waals surface area (Å²) < 4.78 is 10.5. The molecule has 3 aliphatic rings. The zero-order valence-electron chi connectivity index (χ0n) is 12.9. The van der Waals surface area contributed by atoms with E-state index in [0.717, 1.165) is 44.3 Å². The summed E-state index contributed by atoms with van der Waals surface area (Å²) in [7, 11) is 0. The van der Waals surface area contributed by atoms with Gasteiger partial charge in [-0.05, 0) is 19.8 Å². The molecule has 2 atom stereocenters. The Bertz CT molecular complexity index is 549. The summed E-state index contributed by atoms with van der Waals surface area (Å²) in [6.07, 6.45) is 3.19. The van der Waals surface area contributed by atoms with Crippen LogP contribution in [0.15, 0.2) is 4.52 Å². The molecule has 2 saturated heterocycles. The molecular formula is C15H22N4O3. The molecule has 1 aromatic heterocycles. The molecule has 3 fully saturated rings. The summed E-state index contributed by atoms with van der Waals surface area (Å²) in [5.41, 5.74) is 0. The van der Waals surface area contributed by atoms with Gasteiger partial charge in [-0.15, -0.1) is 0 Å². The average molecular weight is 306 g/mol. The largest absolute Gasteiger partial charge is 0.464 e. The van der Waals surface area contributed by atoms with Crippen LogP contribution in [0, 0.1) is 0 Å². The maximum atomic E-state index is 11.7. The van der Waals surface area contributed by atoms with Crippen molar-refractivity contribution in [2.75, 3.05) is 32.8 Å². The van der Waals surface area contributed by atoms with E-state index in [1.165, 1.54) is 12.8 Å². The van der Waals surface area contributed by atoms with Crippen molar-refractivity contribution in [1.29, 1.82) is 0 Å². The summed E-state index contributed by atoms with van der Waals surface area (Å²) >= 11 is 0. The highest BCUT2D eigenvalue weighted by Gasteiger charge is 2.36. The maximum absolute atomic E-state index is 11.7. The molecule has 4 rings (SSSR count). The van der Waals surface area contributed by atoms with E-state index in [4.69, 9.17) is 9.26 Å². The van der Waals surface area contributed by atoms with Crippen LogP contribution >= 0.6 is 0 Å². The van der Waals surface area contributed by atoms with Crippen molar-refractivity contribution in [3.63, 3.8) is 0 Å². The lowest BCUT2D eigenvalue weighted by molar-refractivity contribution is -0.143. The van der Waals surface area contributed by atoms with E-state index < -0.39 is 0 Å². The van der Waals surface area contributed by atoms with Crippen molar-refractivity contribution >= 4 is 5.97 Å². The molecular weight excluding hydrogens is 284 g/mol. The fourth-order valence-corrected chi connectivity index (χ4v) is 3.33. The highest BCUT2D eigenvalue weighted by atomic mass is 16.5. The standard InChI is InChI=1S/C15H22N4O3/c1-10(14-16-13(17-22-14)11-2-3-11)18-5-7-19(8-6-18)12-4-9-21-15(12)20/h10-12H,2-9H2,1H3/t10-,12+/m0/s1. The Balaban J connectivity index is 1.35. The number of carbonyl (C=O) groups excluding carboxylic acids is 1. The van der Waals surface area contributed by atoms with Crippen LogP contribution in [0.2, 0.25) is 0 Å². The Labute approximate surface area is 129 Å². The highest BCUT2D eigenvalue weighted by molar-refractivity contribution is 5.77. The SMILES string of the molecule is C[C@@H](c1nc(C2CC2)no1)N1CCN([C@@H]2CCOC2=O)CC1. The van der Waals surface area contributed by atoms with E-state index in [0.29, 0.717) is 12.5 Å². The molecule has 0 N–H and O–H groups in total. The molecule has 1 aromatic rings. The van der Waals surface area contributed by atoms with E-state index in [1.807, 2.05) is 0 Å². The quantitative estimate of drug-likeness (QED) is 0.767. The maximum Gasteiger partial charge on any atom is 0.323 e. The van der Waals surface area contributed by atoms with Gasteiger partial charge in [0.25, 0.3) is 0 Å². The van der Waals surface area contributed by atoms with Crippen molar-refractivity contribution in [1.82, 2.24) is 19.9 Å². The number of hydrogen-bond acceptors (Lipinski definition) is 7. The Morgan fingerprint density at radius 3 is 2.59 bits per heavy atom. The lowest BCUT2D eigenvalue weighted by Gasteiger charge is -2.38. The monoisotopic (exact) mass is 306 g/mol. The van der Waals surface area contributed by atoms with Crippen LogP contribution in [-0.2, 0) is 9.53 Å². The Morgan fingerprint density at radius 2 is 1.95 bits per heavy atom. The number of nitrogens with zero attached hydrogens (tertiary/aromatic N) is 4. The number of cyclic esters (lactones) is 1. The summed E-state index contributed by atoms with van der Waals surface area (Å²) in [6, 6.07) is 0.0972. The fourth-order valence-electron chi connectivity index (χ4n) is 3.33. The molecule has 2 aliphatic heterocycles. The number of rotatable bonds is 4. The van der Waals surface area contributed by atoms with Crippen LogP contribution in [0.3, 0.4) is 0 Å². The zero-order valence-corrected chi connectivity index (χ0v) is 12.9. The van der Waals surface area contributed by atoms with Gasteiger partial charge in [0.1, 0.15) is 6.04 Å². The third-order valence-electron chi connectivity index (χ3n) is 5.00. The average Bonchev–Trinajstić information content (AvgIpc) is 3.12. The number of carbonyl (C=O) groups is 1. The highest BCUT2D eigenvalue weighted by Crippen LogP contribution is 2.38. The van der Waals surface area contributed by atoms with Crippen LogP contribution in [0.25, 0.3) is 0 Å². The number of hydrogen-bond donors (Lipinski definition) is 0. The second-order valence-corrected chi connectivity index (χ2v) is 6.48. The molecule has 120 valence electrons. The topological polar surface area (TPSA) is 71.7 Å². The van der Waals surface area contributed by atoms with Crippen molar-refractivity contribution in [3.8, 4) is 0 Å². The van der Waals surface area contributed by atoms with Crippen LogP contribution in [0.1, 0.15) is 49.9 Å². The van der Waals surface area contributed by atoms with Gasteiger partial charge in [-0.25, -0.2) is 0 Å². The van der Waals surface area contributed by atoms with Gasteiger partial charge in [-0.1, -0.05) is 5.16 Å². The second-order valence-electron chi connectivity index (χ2n) is 6.48. The van der Waals surface area contributed by atoms with E-state index in [2.05, 4.69) is 26.9 Å². The third-order valence-corrected chi connectivity index (χ3v) is 5.00. The van der Waals surface area contributed by atoms with Crippen molar-refractivity contribution in [2.45, 2.75) is 44.2 Å². The van der Waals surface area contributed by atoms with E-state index in [9.17, 15) is 4.79 Å². The minimum atomic E-state index is -0.0625. The van der Waals surface area contributed by atoms with E-state index in [1.54, 1.807) is 0 Å². The summed E-state index contributed by atoms with van der Waals surface area (Å²) in [5, 5.41) is 4.10. The predicted octanol–water partition coefficient (Wildman–Crippen LogP) is 0.941. The van der Waals surface area contributed by atoms with Crippen molar-refractivity contribution < 1.29 is 14.1 Å². The molecule has 0 amide bonds. The molecule has 0 unspecified atom stereocenters. The van der Waals surface area contributed by atoms with Crippen LogP contribution in [0.4, 0.5) is 0 Å². The normalized spacial score (nSPS) is 28.8. The first-order valence-electron chi connectivity index (χ1n) is 8.20. The summed E-state index contributed by atoms with van der Waals surface area (Å²) in [4.78, 5) is 20.8. The minimum Gasteiger partial charge on any atom is -0.464 e.